The molecule has 0 aromatic rings. The highest BCUT2D eigenvalue weighted by molar-refractivity contribution is 5.74. The molecule has 0 aliphatic heterocycles. The normalized spacial score (nSPS) is 11.3. The van der Waals surface area contributed by atoms with Gasteiger partial charge in [0, 0.05) is 12.8 Å². The van der Waals surface area contributed by atoms with Gasteiger partial charge >= 0.3 is 5.97 Å². The molecule has 5 heteroatoms. The van der Waals surface area contributed by atoms with Gasteiger partial charge in [-0.2, -0.15) is 0 Å². The van der Waals surface area contributed by atoms with Gasteiger partial charge in [0.1, 0.15) is 0 Å². The van der Waals surface area contributed by atoms with Crippen LogP contribution in [0.1, 0.15) is 225 Å². The molecule has 0 aliphatic rings. The van der Waals surface area contributed by atoms with Crippen LogP contribution in [-0.4, -0.2) is 22.2 Å². The highest BCUT2D eigenvalue weighted by Crippen LogP contribution is 2.17. The monoisotopic (exact) mass is 596 g/mol. The predicted octanol–water partition coefficient (Wildman–Crippen LogP) is 12.2. The Hall–Kier alpha value is -1.10. The van der Waals surface area contributed by atoms with E-state index in [0.29, 0.717) is 12.8 Å². The first-order chi connectivity index (χ1) is 20.7. The van der Waals surface area contributed by atoms with Crippen molar-refractivity contribution in [3.8, 4) is 0 Å². The number of carbonyl (C=O) groups is 2. The first-order valence-electron chi connectivity index (χ1n) is 18.8. The number of hydrogen-bond acceptors (Lipinski definition) is 3. The van der Waals surface area contributed by atoms with E-state index in [1.807, 2.05) is 0 Å². The van der Waals surface area contributed by atoms with Crippen LogP contribution in [0.3, 0.4) is 0 Å². The van der Waals surface area contributed by atoms with Crippen molar-refractivity contribution >= 4 is 11.9 Å². The number of aliphatic carboxylic acids is 1. The largest absolute Gasteiger partial charge is 0.481 e. The Morgan fingerprint density at radius 3 is 0.643 bits per heavy atom. The number of nitrogens with one attached hydrogen (secondary N) is 1. The quantitative estimate of drug-likeness (QED) is 0.0382. The van der Waals surface area contributed by atoms with E-state index in [4.69, 9.17) is 10.3 Å². The van der Waals surface area contributed by atoms with Crippen molar-refractivity contribution in [2.45, 2.75) is 225 Å². The van der Waals surface area contributed by atoms with Crippen LogP contribution >= 0.6 is 0 Å². The lowest BCUT2D eigenvalue weighted by molar-refractivity contribution is -0.137. The minimum atomic E-state index is -0.654. The Balaban J connectivity index is 3.05. The molecule has 250 valence electrons. The van der Waals surface area contributed by atoms with Gasteiger partial charge < -0.3 is 5.11 Å². The molecule has 0 unspecified atom stereocenters. The zero-order valence-electron chi connectivity index (χ0n) is 28.0. The summed E-state index contributed by atoms with van der Waals surface area (Å²) in [4.78, 5) is 21.4. The van der Waals surface area contributed by atoms with Gasteiger partial charge in [-0.1, -0.05) is 199 Å². The molecule has 0 aliphatic carbocycles. The summed E-state index contributed by atoms with van der Waals surface area (Å²) in [5.41, 5.74) is 1.70. The number of carboxylic acids is 1. The van der Waals surface area contributed by atoms with Crippen LogP contribution in [0.5, 0.6) is 0 Å². The molecule has 0 heterocycles. The number of unbranched alkanes of at least 4 members (excludes halogenated alkanes) is 32. The summed E-state index contributed by atoms with van der Waals surface area (Å²) in [7, 11) is 0. The van der Waals surface area contributed by atoms with Gasteiger partial charge in [0.05, 0.1) is 0 Å². The van der Waals surface area contributed by atoms with Crippen molar-refractivity contribution < 1.29 is 19.9 Å². The Bertz CT molecular complexity index is 554. The lowest BCUT2D eigenvalue weighted by atomic mass is 10.0. The number of hydrogen-bond donors (Lipinski definition) is 3. The highest BCUT2D eigenvalue weighted by Gasteiger charge is 2.00. The van der Waals surface area contributed by atoms with Crippen molar-refractivity contribution in [1.82, 2.24) is 5.48 Å². The maximum Gasteiger partial charge on any atom is 0.303 e. The third-order valence-electron chi connectivity index (χ3n) is 8.92. The molecule has 0 radical (unpaired) electrons. The molecule has 5 nitrogen and oxygen atoms in total. The van der Waals surface area contributed by atoms with Crippen molar-refractivity contribution in [2.24, 2.45) is 0 Å². The van der Waals surface area contributed by atoms with Crippen molar-refractivity contribution in [3.63, 3.8) is 0 Å². The smallest absolute Gasteiger partial charge is 0.303 e. The Kier molecular flexibility index (Phi) is 35.1. The van der Waals surface area contributed by atoms with E-state index >= 15 is 0 Å². The van der Waals surface area contributed by atoms with Gasteiger partial charge in [0.2, 0.25) is 5.91 Å². The molecule has 0 bridgehead atoms. The summed E-state index contributed by atoms with van der Waals surface area (Å²) in [6, 6.07) is 0. The van der Waals surface area contributed by atoms with Gasteiger partial charge in [-0.05, 0) is 12.8 Å². The molecule has 0 saturated carbocycles. The Labute approximate surface area is 261 Å². The maximum atomic E-state index is 10.9. The fourth-order valence-corrected chi connectivity index (χ4v) is 6.10. The highest BCUT2D eigenvalue weighted by atomic mass is 16.5. The van der Waals surface area contributed by atoms with E-state index in [1.165, 1.54) is 186 Å². The average Bonchev–Trinajstić information content (AvgIpc) is 2.98. The summed E-state index contributed by atoms with van der Waals surface area (Å²) in [5.74, 6) is -0.914. The maximum absolute atomic E-state index is 10.9. The van der Waals surface area contributed by atoms with Gasteiger partial charge in [-0.15, -0.1) is 0 Å². The number of amides is 1. The second kappa shape index (κ2) is 36.1. The van der Waals surface area contributed by atoms with Crippen LogP contribution in [0.25, 0.3) is 0 Å². The number of rotatable bonds is 36. The van der Waals surface area contributed by atoms with E-state index < -0.39 is 5.97 Å². The summed E-state index contributed by atoms with van der Waals surface area (Å²) in [6.07, 6.45) is 45.1. The number of carbonyl (C=O) groups excluding carboxylic acids is 1. The minimum absolute atomic E-state index is 0.260. The third-order valence-corrected chi connectivity index (χ3v) is 8.92. The van der Waals surface area contributed by atoms with E-state index in [-0.39, 0.29) is 5.91 Å². The van der Waals surface area contributed by atoms with Crippen molar-refractivity contribution in [1.29, 1.82) is 0 Å². The number of hydroxylamine groups is 1. The molecule has 0 spiro atoms. The van der Waals surface area contributed by atoms with Crippen LogP contribution in [0, 0.1) is 0 Å². The molecule has 42 heavy (non-hydrogen) atoms. The summed E-state index contributed by atoms with van der Waals surface area (Å²) in [5, 5.41) is 17.1. The molecule has 3 N–H and O–H groups in total. The standard InChI is InChI=1S/C37H73NO4/c39-36(38-42)34-32-30-28-26-24-22-20-18-16-14-12-10-8-6-4-2-1-3-5-7-9-11-13-15-17-19-21-23-25-27-29-31-33-35-37(40)41/h42H,1-35H2,(H,38,39)(H,40,41). The Morgan fingerprint density at radius 2 is 0.476 bits per heavy atom. The summed E-state index contributed by atoms with van der Waals surface area (Å²) < 4.78 is 0. The topological polar surface area (TPSA) is 86.6 Å². The third kappa shape index (κ3) is 36.9. The van der Waals surface area contributed by atoms with Crippen LogP contribution in [-0.2, 0) is 9.59 Å². The first kappa shape index (κ1) is 40.9. The van der Waals surface area contributed by atoms with Gasteiger partial charge in [0.25, 0.3) is 0 Å². The second-order valence-corrected chi connectivity index (χ2v) is 13.1. The van der Waals surface area contributed by atoms with E-state index in [0.717, 1.165) is 25.7 Å². The van der Waals surface area contributed by atoms with Crippen LogP contribution in [0.15, 0.2) is 0 Å². The van der Waals surface area contributed by atoms with E-state index in [1.54, 1.807) is 5.48 Å². The van der Waals surface area contributed by atoms with Crippen LogP contribution < -0.4 is 5.48 Å². The van der Waals surface area contributed by atoms with E-state index in [2.05, 4.69) is 0 Å². The molecule has 0 rings (SSSR count). The molecule has 0 fully saturated rings. The van der Waals surface area contributed by atoms with Crippen LogP contribution in [0.4, 0.5) is 0 Å². The van der Waals surface area contributed by atoms with Gasteiger partial charge in [-0.3, -0.25) is 14.8 Å². The molecular formula is C37H73NO4. The molecule has 0 aromatic carbocycles. The molecule has 1 amide bonds. The minimum Gasteiger partial charge on any atom is -0.481 e. The lowest BCUT2D eigenvalue weighted by Crippen LogP contribution is -2.17. The van der Waals surface area contributed by atoms with Crippen molar-refractivity contribution in [3.05, 3.63) is 0 Å². The second-order valence-electron chi connectivity index (χ2n) is 13.1. The van der Waals surface area contributed by atoms with E-state index in [9.17, 15) is 9.59 Å². The predicted molar refractivity (Wildman–Crippen MR) is 179 cm³/mol. The van der Waals surface area contributed by atoms with Gasteiger partial charge in [0.15, 0.2) is 0 Å². The first-order valence-corrected chi connectivity index (χ1v) is 18.8. The summed E-state index contributed by atoms with van der Waals surface area (Å²) >= 11 is 0. The lowest BCUT2D eigenvalue weighted by Gasteiger charge is -2.05. The molecule has 0 saturated heterocycles. The summed E-state index contributed by atoms with van der Waals surface area (Å²) in [6.45, 7) is 0. The van der Waals surface area contributed by atoms with Gasteiger partial charge in [-0.25, -0.2) is 5.48 Å². The number of carboxylic acid groups (broad SMARTS) is 1. The molecular weight excluding hydrogens is 522 g/mol. The molecule has 0 aromatic heterocycles. The SMILES string of the molecule is O=C(O)CCCCCCCCCCCCCCCCCCCCCCCCCCCCCCCCCCCC(=O)NO. The Morgan fingerprint density at radius 1 is 0.310 bits per heavy atom. The molecule has 0 atom stereocenters. The fourth-order valence-electron chi connectivity index (χ4n) is 6.10. The average molecular weight is 596 g/mol. The zero-order chi connectivity index (χ0) is 30.6. The zero-order valence-corrected chi connectivity index (χ0v) is 28.0. The van der Waals surface area contributed by atoms with Crippen LogP contribution in [0.2, 0.25) is 0 Å². The van der Waals surface area contributed by atoms with Crippen molar-refractivity contribution in [2.75, 3.05) is 0 Å². The fraction of sp³-hybridized carbons (Fsp3) is 0.946.